The first-order chi connectivity index (χ1) is 16.9. The number of rotatable bonds is 10. The fourth-order valence-electron chi connectivity index (χ4n) is 4.78. The molecule has 0 spiro atoms. The number of aliphatic hydroxyl groups is 1. The molecule has 1 aromatic carbocycles. The highest BCUT2D eigenvalue weighted by Gasteiger charge is 2.41. The van der Waals surface area contributed by atoms with E-state index >= 15 is 0 Å². The quantitative estimate of drug-likeness (QED) is 0.406. The molecule has 0 aliphatic carbocycles. The summed E-state index contributed by atoms with van der Waals surface area (Å²) in [7, 11) is 0. The molecule has 2 aliphatic rings. The molecular weight excluding hydrogens is 466 g/mol. The van der Waals surface area contributed by atoms with Crippen molar-refractivity contribution in [3.05, 3.63) is 36.4 Å². The number of nitrogens with zero attached hydrogens (tertiary/aromatic N) is 1. The molecule has 2 saturated heterocycles. The van der Waals surface area contributed by atoms with Crippen molar-refractivity contribution in [3.8, 4) is 11.5 Å². The molecule has 202 valence electrons. The molecule has 2 aliphatic heterocycles. The lowest BCUT2D eigenvalue weighted by Crippen LogP contribution is -2.60. The molecule has 0 aromatic heterocycles. The number of carbonyl (C=O) groups is 2. The molecule has 9 heteroatoms. The summed E-state index contributed by atoms with van der Waals surface area (Å²) in [5.41, 5.74) is 0.177. The molecule has 2 heterocycles. The number of carboxylic acid groups (broad SMARTS) is 2. The summed E-state index contributed by atoms with van der Waals surface area (Å²) in [6, 6.07) is 7.67. The van der Waals surface area contributed by atoms with Gasteiger partial charge in [-0.25, -0.2) is 9.59 Å². The molecule has 2 fully saturated rings. The van der Waals surface area contributed by atoms with E-state index in [-0.39, 0.29) is 23.8 Å². The average molecular weight is 508 g/mol. The number of carboxylic acids is 2. The number of hydrogen-bond acceptors (Lipinski definition) is 7. The fraction of sp³-hybridized carbons (Fsp3) is 0.630. The zero-order chi connectivity index (χ0) is 26.8. The van der Waals surface area contributed by atoms with Crippen LogP contribution in [0.4, 0.5) is 0 Å². The summed E-state index contributed by atoms with van der Waals surface area (Å²) in [5, 5.41) is 26.3. The van der Waals surface area contributed by atoms with E-state index in [1.807, 2.05) is 24.3 Å². The van der Waals surface area contributed by atoms with Crippen molar-refractivity contribution in [1.29, 1.82) is 0 Å². The summed E-state index contributed by atoms with van der Waals surface area (Å²) >= 11 is 0. The Morgan fingerprint density at radius 3 is 2.08 bits per heavy atom. The lowest BCUT2D eigenvalue weighted by molar-refractivity contribution is -0.134. The van der Waals surface area contributed by atoms with Gasteiger partial charge >= 0.3 is 11.9 Å². The van der Waals surface area contributed by atoms with Crippen molar-refractivity contribution in [1.82, 2.24) is 4.90 Å². The molecular formula is C27H41NO8. The van der Waals surface area contributed by atoms with Crippen LogP contribution in [0.3, 0.4) is 0 Å². The fourth-order valence-corrected chi connectivity index (χ4v) is 4.78. The Hall–Kier alpha value is -2.62. The predicted octanol–water partition coefficient (Wildman–Crippen LogP) is 3.74. The summed E-state index contributed by atoms with van der Waals surface area (Å²) in [5.74, 6) is -1.12. The second-order valence-corrected chi connectivity index (χ2v) is 10.5. The number of aliphatic carboxylic acids is 2. The van der Waals surface area contributed by atoms with Crippen LogP contribution >= 0.6 is 0 Å². The minimum absolute atomic E-state index is 0.0883. The normalized spacial score (nSPS) is 21.9. The Bertz CT molecular complexity index is 844. The predicted molar refractivity (Wildman–Crippen MR) is 136 cm³/mol. The summed E-state index contributed by atoms with van der Waals surface area (Å²) in [4.78, 5) is 21.5. The highest BCUT2D eigenvalue weighted by atomic mass is 16.6. The van der Waals surface area contributed by atoms with E-state index in [9.17, 15) is 14.7 Å². The summed E-state index contributed by atoms with van der Waals surface area (Å²) in [6.07, 6.45) is 6.42. The van der Waals surface area contributed by atoms with E-state index in [1.54, 1.807) is 0 Å². The second kappa shape index (κ2) is 13.6. The van der Waals surface area contributed by atoms with E-state index in [0.717, 1.165) is 32.3 Å². The Morgan fingerprint density at radius 2 is 1.58 bits per heavy atom. The van der Waals surface area contributed by atoms with Crippen LogP contribution in [0.2, 0.25) is 0 Å². The maximum Gasteiger partial charge on any atom is 0.328 e. The van der Waals surface area contributed by atoms with Gasteiger partial charge in [-0.3, -0.25) is 4.90 Å². The van der Waals surface area contributed by atoms with Gasteiger partial charge in [0.05, 0.1) is 6.10 Å². The molecule has 2 unspecified atom stereocenters. The molecule has 0 amide bonds. The first kappa shape index (κ1) is 29.6. The third-order valence-electron chi connectivity index (χ3n) is 6.53. The van der Waals surface area contributed by atoms with E-state index in [0.29, 0.717) is 36.8 Å². The van der Waals surface area contributed by atoms with E-state index in [2.05, 4.69) is 32.6 Å². The third kappa shape index (κ3) is 9.79. The minimum atomic E-state index is -1.26. The number of ether oxygens (including phenoxy) is 3. The SMILES string of the molecule is CC1(C)CCCC(C)(C)N1CC(O)COc1ccccc1OCC1CCCO1.O=C(O)C=CC(=O)O. The number of β-amino-alcohol motifs (C(OH)–C–C–N with tert-alkyl or cyclic N) is 1. The number of benzene rings is 1. The third-order valence-corrected chi connectivity index (χ3v) is 6.53. The van der Waals surface area contributed by atoms with Crippen molar-refractivity contribution >= 4 is 11.9 Å². The van der Waals surface area contributed by atoms with Crippen LogP contribution in [0.25, 0.3) is 0 Å². The Kier molecular flexibility index (Phi) is 11.2. The molecule has 0 bridgehead atoms. The van der Waals surface area contributed by atoms with Gasteiger partial charge in [-0.1, -0.05) is 12.1 Å². The van der Waals surface area contributed by atoms with Crippen LogP contribution in [0, 0.1) is 0 Å². The highest BCUT2D eigenvalue weighted by molar-refractivity contribution is 5.89. The molecule has 36 heavy (non-hydrogen) atoms. The molecule has 9 nitrogen and oxygen atoms in total. The van der Waals surface area contributed by atoms with Crippen molar-refractivity contribution < 1.29 is 39.1 Å². The zero-order valence-electron chi connectivity index (χ0n) is 21.8. The van der Waals surface area contributed by atoms with E-state index < -0.39 is 18.0 Å². The Morgan fingerprint density at radius 1 is 1.03 bits per heavy atom. The molecule has 1 aromatic rings. The van der Waals surface area contributed by atoms with Gasteiger partial charge in [-0.15, -0.1) is 0 Å². The van der Waals surface area contributed by atoms with Gasteiger partial charge in [-0.05, 0) is 71.9 Å². The first-order valence-electron chi connectivity index (χ1n) is 12.5. The number of piperidine rings is 1. The van der Waals surface area contributed by atoms with Crippen LogP contribution in [0.5, 0.6) is 11.5 Å². The lowest BCUT2D eigenvalue weighted by Gasteiger charge is -2.53. The number of aliphatic hydroxyl groups excluding tert-OH is 1. The summed E-state index contributed by atoms with van der Waals surface area (Å²) < 4.78 is 17.5. The van der Waals surface area contributed by atoms with Gasteiger partial charge in [0.2, 0.25) is 0 Å². The van der Waals surface area contributed by atoms with Crippen molar-refractivity contribution in [2.45, 2.75) is 83.1 Å². The monoisotopic (exact) mass is 507 g/mol. The van der Waals surface area contributed by atoms with Gasteiger partial charge in [0, 0.05) is 36.4 Å². The van der Waals surface area contributed by atoms with Crippen LogP contribution < -0.4 is 9.47 Å². The van der Waals surface area contributed by atoms with Gasteiger partial charge in [0.1, 0.15) is 19.3 Å². The molecule has 3 N–H and O–H groups in total. The maximum atomic E-state index is 10.7. The number of likely N-dealkylation sites (tertiary alicyclic amines) is 1. The average Bonchev–Trinajstić information content (AvgIpc) is 3.32. The van der Waals surface area contributed by atoms with Gasteiger partial charge in [0.15, 0.2) is 11.5 Å². The first-order valence-corrected chi connectivity index (χ1v) is 12.5. The van der Waals surface area contributed by atoms with Gasteiger partial charge in [0.25, 0.3) is 0 Å². The molecule has 2 atom stereocenters. The zero-order valence-corrected chi connectivity index (χ0v) is 21.8. The van der Waals surface area contributed by atoms with Crippen molar-refractivity contribution in [2.24, 2.45) is 0 Å². The van der Waals surface area contributed by atoms with Crippen LogP contribution in [-0.4, -0.2) is 81.8 Å². The van der Waals surface area contributed by atoms with Crippen LogP contribution in [0.1, 0.15) is 59.8 Å². The second-order valence-electron chi connectivity index (χ2n) is 10.5. The van der Waals surface area contributed by atoms with Crippen molar-refractivity contribution in [3.63, 3.8) is 0 Å². The smallest absolute Gasteiger partial charge is 0.328 e. The molecule has 0 radical (unpaired) electrons. The van der Waals surface area contributed by atoms with Crippen LogP contribution in [-0.2, 0) is 14.3 Å². The Labute approximate surface area is 213 Å². The lowest BCUT2D eigenvalue weighted by atomic mass is 9.79. The number of hydrogen-bond donors (Lipinski definition) is 3. The molecule has 0 saturated carbocycles. The topological polar surface area (TPSA) is 126 Å². The van der Waals surface area contributed by atoms with Gasteiger partial charge in [-0.2, -0.15) is 0 Å². The summed E-state index contributed by atoms with van der Waals surface area (Å²) in [6.45, 7) is 11.3. The largest absolute Gasteiger partial charge is 0.487 e. The van der Waals surface area contributed by atoms with Gasteiger partial charge < -0.3 is 29.5 Å². The van der Waals surface area contributed by atoms with E-state index in [1.165, 1.54) is 6.42 Å². The minimum Gasteiger partial charge on any atom is -0.487 e. The maximum absolute atomic E-state index is 10.7. The molecule has 3 rings (SSSR count). The number of para-hydroxylation sites is 2. The highest BCUT2D eigenvalue weighted by Crippen LogP contribution is 2.38. The van der Waals surface area contributed by atoms with E-state index in [4.69, 9.17) is 24.4 Å². The van der Waals surface area contributed by atoms with Crippen LogP contribution in [0.15, 0.2) is 36.4 Å². The Balaban J connectivity index is 0.000000493. The van der Waals surface area contributed by atoms with Crippen molar-refractivity contribution in [2.75, 3.05) is 26.4 Å². The standard InChI is InChI=1S/C23H37NO4.C4H4O4/c1-22(2)12-8-13-23(3,4)24(22)15-18(25)16-27-20-10-5-6-11-21(20)28-17-19-9-7-14-26-19;5-3(6)1-2-4(7)8/h5-6,10-11,18-19,25H,7-9,12-17H2,1-4H3;1-2H,(H,5,6)(H,7,8).